The van der Waals surface area contributed by atoms with Crippen molar-refractivity contribution >= 4 is 11.9 Å². The van der Waals surface area contributed by atoms with Gasteiger partial charge in [-0.25, -0.2) is 0 Å². The Hall–Kier alpha value is -3.80. The van der Waals surface area contributed by atoms with Gasteiger partial charge < -0.3 is 20.1 Å². The molecule has 3 heterocycles. The van der Waals surface area contributed by atoms with Gasteiger partial charge in [-0.15, -0.1) is 5.10 Å². The van der Waals surface area contributed by atoms with E-state index >= 15 is 0 Å². The molecule has 0 aliphatic carbocycles. The molecule has 2 aliphatic rings. The Labute approximate surface area is 179 Å². The molecule has 2 aromatic rings. The zero-order chi connectivity index (χ0) is 22.0. The van der Waals surface area contributed by atoms with Crippen molar-refractivity contribution in [2.75, 3.05) is 19.7 Å². The van der Waals surface area contributed by atoms with Crippen molar-refractivity contribution in [3.05, 3.63) is 58.6 Å². The van der Waals surface area contributed by atoms with Crippen molar-refractivity contribution in [3.8, 4) is 11.9 Å². The summed E-state index contributed by atoms with van der Waals surface area (Å²) in [5, 5.41) is 16.9. The monoisotopic (exact) mass is 421 g/mol. The van der Waals surface area contributed by atoms with E-state index in [1.54, 1.807) is 24.0 Å². The van der Waals surface area contributed by atoms with Gasteiger partial charge in [0.2, 0.25) is 11.8 Å². The second kappa shape index (κ2) is 8.14. The number of ether oxygens (including phenoxy) is 2. The fraction of sp³-hybridized carbons (Fsp3) is 0.364. The maximum Gasteiger partial charge on any atom is 0.311 e. The minimum absolute atomic E-state index is 0.00650. The van der Waals surface area contributed by atoms with Crippen molar-refractivity contribution in [2.24, 2.45) is 5.73 Å². The number of carbonyl (C=O) groups is 2. The van der Waals surface area contributed by atoms with Gasteiger partial charge in [0.1, 0.15) is 11.6 Å². The Morgan fingerprint density at radius 2 is 2.03 bits per heavy atom. The number of nitriles is 1. The molecule has 1 saturated heterocycles. The number of esters is 1. The summed E-state index contributed by atoms with van der Waals surface area (Å²) in [6.07, 6.45) is 0.897. The first-order valence-electron chi connectivity index (χ1n) is 10.2. The summed E-state index contributed by atoms with van der Waals surface area (Å²) in [6, 6.07) is 11.3. The molecule has 0 bridgehead atoms. The number of nitrogens with two attached hydrogens (primary N) is 1. The van der Waals surface area contributed by atoms with Crippen LogP contribution in [-0.4, -0.2) is 46.7 Å². The topological polar surface area (TPSA) is 134 Å². The number of likely N-dealkylation sites (tertiary alicyclic amines) is 1. The number of piperidine rings is 1. The molecule has 1 amide bonds. The Morgan fingerprint density at radius 3 is 2.68 bits per heavy atom. The maximum absolute atomic E-state index is 12.9. The van der Waals surface area contributed by atoms with Crippen LogP contribution in [0, 0.1) is 11.3 Å². The SMILES string of the molecule is CCOC(=O)Cc1[nH]nc2c1C1(CCN(C(=O)c3ccccc3)CC1)C(C#N)=C(N)O2. The van der Waals surface area contributed by atoms with Crippen LogP contribution >= 0.6 is 0 Å². The van der Waals surface area contributed by atoms with Gasteiger partial charge in [-0.05, 0) is 31.9 Å². The molecular formula is C22H23N5O4. The molecule has 2 aliphatic heterocycles. The predicted molar refractivity (Wildman–Crippen MR) is 110 cm³/mol. The zero-order valence-corrected chi connectivity index (χ0v) is 17.2. The van der Waals surface area contributed by atoms with Gasteiger partial charge >= 0.3 is 5.97 Å². The number of rotatable bonds is 4. The highest BCUT2D eigenvalue weighted by atomic mass is 16.5. The number of nitrogens with one attached hydrogen (secondary N) is 1. The van der Waals surface area contributed by atoms with Gasteiger partial charge in [-0.1, -0.05) is 18.2 Å². The molecule has 3 N–H and O–H groups in total. The first-order chi connectivity index (χ1) is 15.0. The van der Waals surface area contributed by atoms with Crippen molar-refractivity contribution < 1.29 is 19.1 Å². The quantitative estimate of drug-likeness (QED) is 0.719. The summed E-state index contributed by atoms with van der Waals surface area (Å²) in [5.74, 6) is -0.190. The van der Waals surface area contributed by atoms with Gasteiger partial charge in [-0.2, -0.15) is 5.26 Å². The summed E-state index contributed by atoms with van der Waals surface area (Å²) in [5.41, 5.74) is 7.39. The van der Waals surface area contributed by atoms with Crippen LogP contribution < -0.4 is 10.5 Å². The number of aromatic nitrogens is 2. The summed E-state index contributed by atoms with van der Waals surface area (Å²) >= 11 is 0. The lowest BCUT2D eigenvalue weighted by atomic mass is 9.66. The van der Waals surface area contributed by atoms with Crippen LogP contribution in [0.1, 0.15) is 41.4 Å². The largest absolute Gasteiger partial charge is 0.466 e. The van der Waals surface area contributed by atoms with E-state index < -0.39 is 11.4 Å². The van der Waals surface area contributed by atoms with Crippen LogP contribution in [0.2, 0.25) is 0 Å². The average Bonchev–Trinajstić information content (AvgIpc) is 3.17. The van der Waals surface area contributed by atoms with Gasteiger partial charge in [0.25, 0.3) is 5.91 Å². The minimum Gasteiger partial charge on any atom is -0.466 e. The molecule has 1 spiro atoms. The fourth-order valence-corrected chi connectivity index (χ4v) is 4.44. The Bertz CT molecular complexity index is 1080. The molecule has 9 heteroatoms. The number of H-pyrrole nitrogens is 1. The number of fused-ring (bicyclic) bond motifs is 2. The molecule has 4 rings (SSSR count). The summed E-state index contributed by atoms with van der Waals surface area (Å²) in [7, 11) is 0. The predicted octanol–water partition coefficient (Wildman–Crippen LogP) is 1.78. The third kappa shape index (κ3) is 3.50. The normalized spacial score (nSPS) is 17.0. The number of benzene rings is 1. The van der Waals surface area contributed by atoms with Crippen LogP contribution in [0.25, 0.3) is 0 Å². The van der Waals surface area contributed by atoms with E-state index in [0.717, 1.165) is 0 Å². The van der Waals surface area contributed by atoms with Crippen molar-refractivity contribution in [2.45, 2.75) is 31.6 Å². The van der Waals surface area contributed by atoms with Gasteiger partial charge in [0, 0.05) is 29.6 Å². The van der Waals surface area contributed by atoms with E-state index in [1.807, 2.05) is 18.2 Å². The molecule has 1 fully saturated rings. The number of hydrogen-bond acceptors (Lipinski definition) is 7. The van der Waals surface area contributed by atoms with Crippen LogP contribution in [0.5, 0.6) is 5.88 Å². The van der Waals surface area contributed by atoms with Crippen molar-refractivity contribution in [3.63, 3.8) is 0 Å². The summed E-state index contributed by atoms with van der Waals surface area (Å²) < 4.78 is 10.7. The molecule has 0 unspecified atom stereocenters. The van der Waals surface area contributed by atoms with Crippen LogP contribution in [-0.2, 0) is 21.4 Å². The first-order valence-corrected chi connectivity index (χ1v) is 10.2. The molecule has 1 aromatic carbocycles. The number of allylic oxidation sites excluding steroid dienone is 1. The minimum atomic E-state index is -0.783. The Morgan fingerprint density at radius 1 is 1.32 bits per heavy atom. The lowest BCUT2D eigenvalue weighted by molar-refractivity contribution is -0.142. The summed E-state index contributed by atoms with van der Waals surface area (Å²) in [6.45, 7) is 2.86. The van der Waals surface area contributed by atoms with Gasteiger partial charge in [0.15, 0.2) is 0 Å². The molecule has 0 radical (unpaired) electrons. The van der Waals surface area contributed by atoms with Gasteiger partial charge in [0.05, 0.1) is 18.7 Å². The second-order valence-electron chi connectivity index (χ2n) is 7.56. The Kier molecular flexibility index (Phi) is 5.38. The highest BCUT2D eigenvalue weighted by Gasteiger charge is 2.49. The molecule has 0 saturated carbocycles. The maximum atomic E-state index is 12.9. The van der Waals surface area contributed by atoms with E-state index in [4.69, 9.17) is 15.2 Å². The molecule has 1 aromatic heterocycles. The summed E-state index contributed by atoms with van der Waals surface area (Å²) in [4.78, 5) is 26.8. The molecular weight excluding hydrogens is 398 g/mol. The first kappa shape index (κ1) is 20.5. The van der Waals surface area contributed by atoms with Crippen molar-refractivity contribution in [1.29, 1.82) is 5.26 Å². The molecule has 9 nitrogen and oxygen atoms in total. The standard InChI is InChI=1S/C22H23N5O4/c1-2-30-17(28)12-16-18-20(26-25-16)31-19(24)15(13-23)22(18)8-10-27(11-9-22)21(29)14-6-4-3-5-7-14/h3-7H,2,8-12,24H2,1H3,(H,25,26). The van der Waals surface area contributed by atoms with Crippen LogP contribution in [0.3, 0.4) is 0 Å². The zero-order valence-electron chi connectivity index (χ0n) is 17.2. The third-order valence-electron chi connectivity index (χ3n) is 5.88. The number of aromatic amines is 1. The van der Waals surface area contributed by atoms with E-state index in [1.165, 1.54) is 0 Å². The van der Waals surface area contributed by atoms with E-state index in [2.05, 4.69) is 16.3 Å². The smallest absolute Gasteiger partial charge is 0.311 e. The highest BCUT2D eigenvalue weighted by molar-refractivity contribution is 5.94. The third-order valence-corrected chi connectivity index (χ3v) is 5.88. The van der Waals surface area contributed by atoms with E-state index in [9.17, 15) is 14.9 Å². The highest BCUT2D eigenvalue weighted by Crippen LogP contribution is 2.50. The van der Waals surface area contributed by atoms with Gasteiger partial charge in [-0.3, -0.25) is 14.7 Å². The fourth-order valence-electron chi connectivity index (χ4n) is 4.44. The van der Waals surface area contributed by atoms with Crippen LogP contribution in [0.15, 0.2) is 41.8 Å². The Balaban J connectivity index is 1.66. The van der Waals surface area contributed by atoms with E-state index in [-0.39, 0.29) is 30.7 Å². The molecule has 31 heavy (non-hydrogen) atoms. The number of hydrogen-bond donors (Lipinski definition) is 2. The molecule has 0 atom stereocenters. The van der Waals surface area contributed by atoms with E-state index in [0.29, 0.717) is 48.3 Å². The number of nitrogens with zero attached hydrogens (tertiary/aromatic N) is 3. The van der Waals surface area contributed by atoms with Crippen LogP contribution in [0.4, 0.5) is 0 Å². The number of amides is 1. The lowest BCUT2D eigenvalue weighted by Crippen LogP contribution is -2.48. The number of carbonyl (C=O) groups excluding carboxylic acids is 2. The molecule has 160 valence electrons. The average molecular weight is 421 g/mol. The lowest BCUT2D eigenvalue weighted by Gasteiger charge is -2.43. The van der Waals surface area contributed by atoms with Crippen molar-refractivity contribution in [1.82, 2.24) is 15.1 Å². The second-order valence-corrected chi connectivity index (χ2v) is 7.56.